The van der Waals surface area contributed by atoms with E-state index < -0.39 is 0 Å². The number of ether oxygens (including phenoxy) is 1. The van der Waals surface area contributed by atoms with E-state index >= 15 is 0 Å². The molecule has 3 rings (SSSR count). The SMILES string of the molecule is Cc1nnc(-c2ccccc2C(=O)OCC2CC2)o1. The van der Waals surface area contributed by atoms with E-state index in [2.05, 4.69) is 10.2 Å². The van der Waals surface area contributed by atoms with Crippen molar-refractivity contribution in [1.82, 2.24) is 10.2 Å². The van der Waals surface area contributed by atoms with Crippen molar-refractivity contribution in [2.45, 2.75) is 19.8 Å². The molecule has 1 aromatic carbocycles. The zero-order chi connectivity index (χ0) is 13.2. The Balaban J connectivity index is 1.85. The highest BCUT2D eigenvalue weighted by Gasteiger charge is 2.24. The maximum atomic E-state index is 12.1. The van der Waals surface area contributed by atoms with Gasteiger partial charge in [-0.2, -0.15) is 0 Å². The molecule has 1 aliphatic rings. The molecule has 5 nitrogen and oxygen atoms in total. The van der Waals surface area contributed by atoms with Crippen molar-refractivity contribution in [3.63, 3.8) is 0 Å². The Morgan fingerprint density at radius 2 is 2.16 bits per heavy atom. The van der Waals surface area contributed by atoms with Crippen molar-refractivity contribution in [2.75, 3.05) is 6.61 Å². The number of benzene rings is 1. The van der Waals surface area contributed by atoms with Gasteiger partial charge in [0, 0.05) is 6.92 Å². The second kappa shape index (κ2) is 4.84. The van der Waals surface area contributed by atoms with Gasteiger partial charge in [0.1, 0.15) is 0 Å². The number of aromatic nitrogens is 2. The Hall–Kier alpha value is -2.17. The normalized spacial score (nSPS) is 14.4. The first-order chi connectivity index (χ1) is 9.24. The van der Waals surface area contributed by atoms with E-state index in [0.29, 0.717) is 35.4 Å². The van der Waals surface area contributed by atoms with Gasteiger partial charge in [-0.05, 0) is 30.9 Å². The predicted molar refractivity (Wildman–Crippen MR) is 67.5 cm³/mol. The van der Waals surface area contributed by atoms with Gasteiger partial charge in [0.2, 0.25) is 11.8 Å². The quantitative estimate of drug-likeness (QED) is 0.789. The minimum Gasteiger partial charge on any atom is -0.462 e. The fourth-order valence-electron chi connectivity index (χ4n) is 1.81. The molecule has 0 N–H and O–H groups in total. The summed E-state index contributed by atoms with van der Waals surface area (Å²) >= 11 is 0. The second-order valence-corrected chi connectivity index (χ2v) is 4.71. The van der Waals surface area contributed by atoms with Crippen LogP contribution in [0.2, 0.25) is 0 Å². The number of rotatable bonds is 4. The number of nitrogens with zero attached hydrogens (tertiary/aromatic N) is 2. The van der Waals surface area contributed by atoms with Crippen LogP contribution in [0.4, 0.5) is 0 Å². The fourth-order valence-corrected chi connectivity index (χ4v) is 1.81. The summed E-state index contributed by atoms with van der Waals surface area (Å²) in [5.74, 6) is 1.02. The molecule has 98 valence electrons. The summed E-state index contributed by atoms with van der Waals surface area (Å²) in [7, 11) is 0. The molecular formula is C14H14N2O3. The third kappa shape index (κ3) is 2.65. The molecule has 1 aromatic heterocycles. The molecule has 1 heterocycles. The first-order valence-electron chi connectivity index (χ1n) is 6.30. The fraction of sp³-hybridized carbons (Fsp3) is 0.357. The average molecular weight is 258 g/mol. The third-order valence-electron chi connectivity index (χ3n) is 3.05. The lowest BCUT2D eigenvalue weighted by Gasteiger charge is -2.06. The molecule has 0 aliphatic heterocycles. The summed E-state index contributed by atoms with van der Waals surface area (Å²) in [6.07, 6.45) is 2.30. The molecule has 2 aromatic rings. The summed E-state index contributed by atoms with van der Waals surface area (Å²) in [6.45, 7) is 2.21. The molecule has 0 saturated heterocycles. The van der Waals surface area contributed by atoms with E-state index in [1.54, 1.807) is 25.1 Å². The highest BCUT2D eigenvalue weighted by Crippen LogP contribution is 2.30. The van der Waals surface area contributed by atoms with Crippen molar-refractivity contribution in [3.05, 3.63) is 35.7 Å². The van der Waals surface area contributed by atoms with Crippen LogP contribution < -0.4 is 0 Å². The first kappa shape index (κ1) is 11.9. The lowest BCUT2D eigenvalue weighted by Crippen LogP contribution is -2.09. The van der Waals surface area contributed by atoms with Crippen molar-refractivity contribution in [1.29, 1.82) is 0 Å². The average Bonchev–Trinajstić information content (AvgIpc) is 3.16. The zero-order valence-electron chi connectivity index (χ0n) is 10.6. The maximum Gasteiger partial charge on any atom is 0.338 e. The Labute approximate surface area is 110 Å². The molecule has 0 unspecified atom stereocenters. The van der Waals surface area contributed by atoms with Crippen molar-refractivity contribution in [2.24, 2.45) is 5.92 Å². The summed E-state index contributed by atoms with van der Waals surface area (Å²) in [5.41, 5.74) is 1.08. The monoisotopic (exact) mass is 258 g/mol. The summed E-state index contributed by atoms with van der Waals surface area (Å²) in [4.78, 5) is 12.1. The lowest BCUT2D eigenvalue weighted by molar-refractivity contribution is 0.0487. The number of aryl methyl sites for hydroxylation is 1. The minimum absolute atomic E-state index is 0.335. The van der Waals surface area contributed by atoms with Crippen LogP contribution >= 0.6 is 0 Å². The molecule has 0 spiro atoms. The molecule has 1 aliphatic carbocycles. The van der Waals surface area contributed by atoms with E-state index in [4.69, 9.17) is 9.15 Å². The highest BCUT2D eigenvalue weighted by molar-refractivity contribution is 5.96. The summed E-state index contributed by atoms with van der Waals surface area (Å²) < 4.78 is 10.7. The molecular weight excluding hydrogens is 244 g/mol. The van der Waals surface area contributed by atoms with Crippen LogP contribution in [0.3, 0.4) is 0 Å². The largest absolute Gasteiger partial charge is 0.462 e. The first-order valence-corrected chi connectivity index (χ1v) is 6.30. The van der Waals surface area contributed by atoms with Crippen LogP contribution in [0.25, 0.3) is 11.5 Å². The van der Waals surface area contributed by atoms with Gasteiger partial charge in [-0.3, -0.25) is 0 Å². The van der Waals surface area contributed by atoms with Crippen LogP contribution in [0, 0.1) is 12.8 Å². The molecule has 0 bridgehead atoms. The van der Waals surface area contributed by atoms with Gasteiger partial charge < -0.3 is 9.15 Å². The smallest absolute Gasteiger partial charge is 0.338 e. The second-order valence-electron chi connectivity index (χ2n) is 4.71. The minimum atomic E-state index is -0.335. The highest BCUT2D eigenvalue weighted by atomic mass is 16.5. The van der Waals surface area contributed by atoms with E-state index in [0.717, 1.165) is 12.8 Å². The Morgan fingerprint density at radius 1 is 1.37 bits per heavy atom. The van der Waals surface area contributed by atoms with Gasteiger partial charge in [-0.15, -0.1) is 10.2 Å². The Kier molecular flexibility index (Phi) is 3.03. The topological polar surface area (TPSA) is 65.2 Å². The Morgan fingerprint density at radius 3 is 2.84 bits per heavy atom. The van der Waals surface area contributed by atoms with Crippen LogP contribution in [0.15, 0.2) is 28.7 Å². The van der Waals surface area contributed by atoms with Crippen LogP contribution in [0.5, 0.6) is 0 Å². The number of hydrogen-bond acceptors (Lipinski definition) is 5. The van der Waals surface area contributed by atoms with Gasteiger partial charge in [0.05, 0.1) is 17.7 Å². The number of carbonyl (C=O) groups is 1. The molecule has 1 saturated carbocycles. The lowest BCUT2D eigenvalue weighted by atomic mass is 10.1. The van der Waals surface area contributed by atoms with Crippen molar-refractivity contribution >= 4 is 5.97 Å². The Bertz CT molecular complexity index is 602. The van der Waals surface area contributed by atoms with E-state index in [1.807, 2.05) is 6.07 Å². The predicted octanol–water partition coefficient (Wildman–Crippen LogP) is 2.61. The molecule has 0 amide bonds. The third-order valence-corrected chi connectivity index (χ3v) is 3.05. The van der Waals surface area contributed by atoms with Gasteiger partial charge in [0.25, 0.3) is 0 Å². The van der Waals surface area contributed by atoms with Crippen molar-refractivity contribution in [3.8, 4) is 11.5 Å². The van der Waals surface area contributed by atoms with E-state index in [9.17, 15) is 4.79 Å². The number of hydrogen-bond donors (Lipinski definition) is 0. The standard InChI is InChI=1S/C14H14N2O3/c1-9-15-16-13(19-9)11-4-2-3-5-12(11)14(17)18-8-10-6-7-10/h2-5,10H,6-8H2,1H3. The van der Waals surface area contributed by atoms with E-state index in [1.165, 1.54) is 0 Å². The molecule has 0 radical (unpaired) electrons. The molecule has 0 atom stereocenters. The van der Waals surface area contributed by atoms with Gasteiger partial charge in [-0.25, -0.2) is 4.79 Å². The maximum absolute atomic E-state index is 12.1. The van der Waals surface area contributed by atoms with E-state index in [-0.39, 0.29) is 5.97 Å². The van der Waals surface area contributed by atoms with Crippen LogP contribution in [0.1, 0.15) is 29.1 Å². The number of carbonyl (C=O) groups excluding carboxylic acids is 1. The van der Waals surface area contributed by atoms with Crippen molar-refractivity contribution < 1.29 is 13.9 Å². The molecule has 5 heteroatoms. The van der Waals surface area contributed by atoms with Gasteiger partial charge in [0.15, 0.2) is 0 Å². The molecule has 19 heavy (non-hydrogen) atoms. The van der Waals surface area contributed by atoms with Crippen LogP contribution in [-0.2, 0) is 4.74 Å². The summed E-state index contributed by atoms with van der Waals surface area (Å²) in [5, 5.41) is 7.72. The zero-order valence-corrected chi connectivity index (χ0v) is 10.6. The number of esters is 1. The van der Waals surface area contributed by atoms with Gasteiger partial charge in [-0.1, -0.05) is 12.1 Å². The summed E-state index contributed by atoms with van der Waals surface area (Å²) in [6, 6.07) is 7.11. The van der Waals surface area contributed by atoms with Gasteiger partial charge >= 0.3 is 5.97 Å². The molecule has 1 fully saturated rings. The van der Waals surface area contributed by atoms with Crippen LogP contribution in [-0.4, -0.2) is 22.8 Å².